The summed E-state index contributed by atoms with van der Waals surface area (Å²) in [6.07, 6.45) is 4.86. The molecule has 0 radical (unpaired) electrons. The lowest BCUT2D eigenvalue weighted by Gasteiger charge is -2.21. The molecule has 1 amide bonds. The van der Waals surface area contributed by atoms with Crippen LogP contribution in [0.5, 0.6) is 0 Å². The Labute approximate surface area is 132 Å². The second kappa shape index (κ2) is 8.08. The molecular formula is C16H27N5O. The van der Waals surface area contributed by atoms with Gasteiger partial charge in [0.05, 0.1) is 0 Å². The number of carbonyl (C=O) groups excluding carboxylic acids is 1. The van der Waals surface area contributed by atoms with Crippen LogP contribution in [0.1, 0.15) is 41.9 Å². The second-order valence-corrected chi connectivity index (χ2v) is 6.16. The van der Waals surface area contributed by atoms with Crippen LogP contribution in [0.4, 0.5) is 5.95 Å². The van der Waals surface area contributed by atoms with Crippen LogP contribution in [-0.4, -0.2) is 61.0 Å². The zero-order chi connectivity index (χ0) is 15.9. The minimum atomic E-state index is -0.122. The molecule has 1 saturated heterocycles. The summed E-state index contributed by atoms with van der Waals surface area (Å²) in [5.74, 6) is 0.572. The van der Waals surface area contributed by atoms with Gasteiger partial charge in [-0.05, 0) is 39.9 Å². The minimum absolute atomic E-state index is 0.122. The molecule has 6 nitrogen and oxygen atoms in total. The molecule has 0 aliphatic carbocycles. The number of hydrogen-bond donors (Lipinski definition) is 1. The highest BCUT2D eigenvalue weighted by Gasteiger charge is 2.16. The average Bonchev–Trinajstić information content (AvgIpc) is 2.75. The number of rotatable bonds is 5. The third kappa shape index (κ3) is 4.94. The molecule has 6 heteroatoms. The van der Waals surface area contributed by atoms with Gasteiger partial charge in [-0.25, -0.2) is 9.97 Å². The third-order valence-electron chi connectivity index (χ3n) is 3.81. The predicted molar refractivity (Wildman–Crippen MR) is 88.3 cm³/mol. The van der Waals surface area contributed by atoms with Crippen molar-refractivity contribution in [1.82, 2.24) is 20.2 Å². The summed E-state index contributed by atoms with van der Waals surface area (Å²) in [6.45, 7) is 5.30. The Balaban J connectivity index is 2.06. The summed E-state index contributed by atoms with van der Waals surface area (Å²) in [6, 6.07) is 1.76. The molecule has 1 fully saturated rings. The van der Waals surface area contributed by atoms with Gasteiger partial charge in [-0.2, -0.15) is 0 Å². The van der Waals surface area contributed by atoms with Gasteiger partial charge in [-0.15, -0.1) is 0 Å². The SMILES string of the molecule is Cc1cc(C(=O)NCCN(C)C)nc(N2CCCCCC2)n1. The number of likely N-dealkylation sites (N-methyl/N-ethyl adjacent to an activating group) is 1. The Morgan fingerprint density at radius 1 is 1.23 bits per heavy atom. The first kappa shape index (κ1) is 16.7. The highest BCUT2D eigenvalue weighted by atomic mass is 16.1. The quantitative estimate of drug-likeness (QED) is 0.892. The van der Waals surface area contributed by atoms with Crippen molar-refractivity contribution in [2.45, 2.75) is 32.6 Å². The molecule has 0 unspecified atom stereocenters. The molecule has 2 heterocycles. The molecule has 1 aromatic rings. The lowest BCUT2D eigenvalue weighted by atomic mass is 10.2. The molecule has 0 bridgehead atoms. The van der Waals surface area contributed by atoms with Crippen molar-refractivity contribution in [3.05, 3.63) is 17.5 Å². The van der Waals surface area contributed by atoms with Crippen LogP contribution in [0.15, 0.2) is 6.07 Å². The van der Waals surface area contributed by atoms with Crippen molar-refractivity contribution >= 4 is 11.9 Å². The molecule has 0 saturated carbocycles. The van der Waals surface area contributed by atoms with Crippen molar-refractivity contribution in [3.8, 4) is 0 Å². The fourth-order valence-electron chi connectivity index (χ4n) is 2.56. The van der Waals surface area contributed by atoms with Crippen LogP contribution in [0.25, 0.3) is 0 Å². The van der Waals surface area contributed by atoms with Gasteiger partial charge in [0.2, 0.25) is 5.95 Å². The Hall–Kier alpha value is -1.69. The van der Waals surface area contributed by atoms with Gasteiger partial charge in [-0.1, -0.05) is 12.8 Å². The zero-order valence-electron chi connectivity index (χ0n) is 13.9. The molecular weight excluding hydrogens is 278 g/mol. The fourth-order valence-corrected chi connectivity index (χ4v) is 2.56. The van der Waals surface area contributed by atoms with E-state index in [1.165, 1.54) is 25.7 Å². The van der Waals surface area contributed by atoms with Crippen molar-refractivity contribution in [3.63, 3.8) is 0 Å². The van der Waals surface area contributed by atoms with Crippen LogP contribution in [0.3, 0.4) is 0 Å². The first-order valence-electron chi connectivity index (χ1n) is 8.10. The predicted octanol–water partition coefficient (Wildman–Crippen LogP) is 1.46. The minimum Gasteiger partial charge on any atom is -0.349 e. The molecule has 2 rings (SSSR count). The Bertz CT molecular complexity index is 495. The number of anilines is 1. The molecule has 0 atom stereocenters. The smallest absolute Gasteiger partial charge is 0.270 e. The summed E-state index contributed by atoms with van der Waals surface area (Å²) in [4.78, 5) is 25.5. The van der Waals surface area contributed by atoms with Crippen molar-refractivity contribution in [1.29, 1.82) is 0 Å². The van der Waals surface area contributed by atoms with E-state index in [0.29, 0.717) is 18.2 Å². The Kier molecular flexibility index (Phi) is 6.12. The van der Waals surface area contributed by atoms with Crippen molar-refractivity contribution in [2.24, 2.45) is 0 Å². The zero-order valence-corrected chi connectivity index (χ0v) is 13.9. The van der Waals surface area contributed by atoms with Gasteiger partial charge in [0, 0.05) is 31.9 Å². The maximum absolute atomic E-state index is 12.2. The fraction of sp³-hybridized carbons (Fsp3) is 0.688. The molecule has 1 aromatic heterocycles. The van der Waals surface area contributed by atoms with E-state index in [1.807, 2.05) is 25.9 Å². The molecule has 1 N–H and O–H groups in total. The number of carbonyl (C=O) groups is 1. The first-order chi connectivity index (χ1) is 10.6. The molecule has 1 aliphatic heterocycles. The molecule has 0 spiro atoms. The van der Waals surface area contributed by atoms with Crippen LogP contribution < -0.4 is 10.2 Å². The highest BCUT2D eigenvalue weighted by molar-refractivity contribution is 5.92. The number of aromatic nitrogens is 2. The van der Waals surface area contributed by atoms with Crippen molar-refractivity contribution in [2.75, 3.05) is 45.2 Å². The van der Waals surface area contributed by atoms with E-state index in [9.17, 15) is 4.79 Å². The molecule has 0 aromatic carbocycles. The number of hydrogen-bond acceptors (Lipinski definition) is 5. The van der Waals surface area contributed by atoms with E-state index in [2.05, 4.69) is 20.2 Å². The van der Waals surface area contributed by atoms with Crippen LogP contribution >= 0.6 is 0 Å². The molecule has 22 heavy (non-hydrogen) atoms. The normalized spacial score (nSPS) is 15.7. The van der Waals surface area contributed by atoms with Crippen LogP contribution in [-0.2, 0) is 0 Å². The van der Waals surface area contributed by atoms with E-state index in [4.69, 9.17) is 0 Å². The lowest BCUT2D eigenvalue weighted by molar-refractivity contribution is 0.0946. The van der Waals surface area contributed by atoms with Gasteiger partial charge in [0.15, 0.2) is 0 Å². The van der Waals surface area contributed by atoms with E-state index >= 15 is 0 Å². The van der Waals surface area contributed by atoms with E-state index in [0.717, 1.165) is 25.3 Å². The van der Waals surface area contributed by atoms with Gasteiger partial charge in [0.1, 0.15) is 5.69 Å². The number of nitrogens with one attached hydrogen (secondary N) is 1. The maximum Gasteiger partial charge on any atom is 0.270 e. The Morgan fingerprint density at radius 2 is 1.91 bits per heavy atom. The molecule has 1 aliphatic rings. The molecule has 122 valence electrons. The van der Waals surface area contributed by atoms with E-state index in [1.54, 1.807) is 6.07 Å². The van der Waals surface area contributed by atoms with Gasteiger partial charge >= 0.3 is 0 Å². The number of nitrogens with zero attached hydrogens (tertiary/aromatic N) is 4. The standard InChI is InChI=1S/C16H27N5O/c1-13-12-14(15(22)17-8-11-20(2)3)19-16(18-13)21-9-6-4-5-7-10-21/h12H,4-11H2,1-3H3,(H,17,22). The van der Waals surface area contributed by atoms with Crippen LogP contribution in [0, 0.1) is 6.92 Å². The average molecular weight is 305 g/mol. The lowest BCUT2D eigenvalue weighted by Crippen LogP contribution is -2.33. The number of aryl methyl sites for hydroxylation is 1. The monoisotopic (exact) mass is 305 g/mol. The summed E-state index contributed by atoms with van der Waals surface area (Å²) in [5, 5.41) is 2.91. The van der Waals surface area contributed by atoms with Gasteiger partial charge in [0.25, 0.3) is 5.91 Å². The van der Waals surface area contributed by atoms with Gasteiger partial charge in [-0.3, -0.25) is 4.79 Å². The van der Waals surface area contributed by atoms with Gasteiger partial charge < -0.3 is 15.1 Å². The first-order valence-corrected chi connectivity index (χ1v) is 8.10. The Morgan fingerprint density at radius 3 is 2.55 bits per heavy atom. The summed E-state index contributed by atoms with van der Waals surface area (Å²) < 4.78 is 0. The largest absolute Gasteiger partial charge is 0.349 e. The summed E-state index contributed by atoms with van der Waals surface area (Å²) in [5.41, 5.74) is 1.30. The van der Waals surface area contributed by atoms with Crippen LogP contribution in [0.2, 0.25) is 0 Å². The third-order valence-corrected chi connectivity index (χ3v) is 3.81. The second-order valence-electron chi connectivity index (χ2n) is 6.16. The summed E-state index contributed by atoms with van der Waals surface area (Å²) in [7, 11) is 3.97. The van der Waals surface area contributed by atoms with Crippen molar-refractivity contribution < 1.29 is 4.79 Å². The van der Waals surface area contributed by atoms with E-state index in [-0.39, 0.29) is 5.91 Å². The topological polar surface area (TPSA) is 61.4 Å². The summed E-state index contributed by atoms with van der Waals surface area (Å²) >= 11 is 0. The number of amides is 1. The highest BCUT2D eigenvalue weighted by Crippen LogP contribution is 2.16. The van der Waals surface area contributed by atoms with E-state index < -0.39 is 0 Å². The maximum atomic E-state index is 12.2.